The summed E-state index contributed by atoms with van der Waals surface area (Å²) in [4.78, 5) is 14.8. The first-order valence-electron chi connectivity index (χ1n) is 9.90. The monoisotopic (exact) mass is 381 g/mol. The number of nitrogens with one attached hydrogen (secondary N) is 1. The minimum atomic E-state index is -0.0287. The second-order valence-electron chi connectivity index (χ2n) is 7.47. The van der Waals surface area contributed by atoms with Gasteiger partial charge >= 0.3 is 0 Å². The van der Waals surface area contributed by atoms with E-state index in [1.165, 1.54) is 5.56 Å². The molecule has 6 heteroatoms. The van der Waals surface area contributed by atoms with Crippen LogP contribution in [0, 0.1) is 5.92 Å². The van der Waals surface area contributed by atoms with Crippen molar-refractivity contribution < 1.29 is 14.3 Å². The van der Waals surface area contributed by atoms with Gasteiger partial charge in [0.05, 0.1) is 19.8 Å². The number of likely N-dealkylation sites (tertiary alicyclic amines) is 1. The van der Waals surface area contributed by atoms with Gasteiger partial charge in [-0.3, -0.25) is 9.69 Å². The van der Waals surface area contributed by atoms with Crippen molar-refractivity contribution in [3.8, 4) is 11.5 Å². The third kappa shape index (κ3) is 4.29. The average molecular weight is 381 g/mol. The standard InChI is InChI=1S/C22H27N3O3/c23-12-17-13-25(14-19(17)16-5-2-1-3-6-16)15-22(26)24-18-7-8-20-21(11-18)28-10-4-9-27-20/h1-3,5-8,11,17,19H,4,9-10,12-15,23H2,(H,24,26)/t17-,19+/m1/s1. The highest BCUT2D eigenvalue weighted by Gasteiger charge is 2.33. The highest BCUT2D eigenvalue weighted by Crippen LogP contribution is 2.33. The Labute approximate surface area is 165 Å². The van der Waals surface area contributed by atoms with Crippen LogP contribution in [0.5, 0.6) is 11.5 Å². The highest BCUT2D eigenvalue weighted by molar-refractivity contribution is 5.92. The van der Waals surface area contributed by atoms with Gasteiger partial charge in [0.1, 0.15) is 0 Å². The summed E-state index contributed by atoms with van der Waals surface area (Å²) < 4.78 is 11.3. The molecule has 4 rings (SSSR count). The van der Waals surface area contributed by atoms with Gasteiger partial charge in [-0.05, 0) is 30.2 Å². The van der Waals surface area contributed by atoms with E-state index < -0.39 is 0 Å². The fourth-order valence-corrected chi connectivity index (χ4v) is 4.05. The second kappa shape index (κ2) is 8.63. The van der Waals surface area contributed by atoms with Gasteiger partial charge in [-0.15, -0.1) is 0 Å². The number of amides is 1. The smallest absolute Gasteiger partial charge is 0.238 e. The zero-order valence-electron chi connectivity index (χ0n) is 16.0. The number of ether oxygens (including phenoxy) is 2. The summed E-state index contributed by atoms with van der Waals surface area (Å²) in [6.07, 6.45) is 0.857. The number of carbonyl (C=O) groups excluding carboxylic acids is 1. The molecular weight excluding hydrogens is 354 g/mol. The highest BCUT2D eigenvalue weighted by atomic mass is 16.5. The van der Waals surface area contributed by atoms with Crippen LogP contribution in [0.15, 0.2) is 48.5 Å². The Kier molecular flexibility index (Phi) is 5.78. The molecule has 1 saturated heterocycles. The maximum Gasteiger partial charge on any atom is 0.238 e. The molecule has 0 bridgehead atoms. The molecule has 2 aromatic carbocycles. The quantitative estimate of drug-likeness (QED) is 0.832. The maximum atomic E-state index is 12.6. The van der Waals surface area contributed by atoms with E-state index in [1.54, 1.807) is 0 Å². The normalized spacial score (nSPS) is 21.9. The molecule has 0 saturated carbocycles. The van der Waals surface area contributed by atoms with Gasteiger partial charge in [-0.25, -0.2) is 0 Å². The van der Waals surface area contributed by atoms with E-state index in [-0.39, 0.29) is 5.91 Å². The number of nitrogens with two attached hydrogens (primary N) is 1. The lowest BCUT2D eigenvalue weighted by atomic mass is 9.89. The van der Waals surface area contributed by atoms with Crippen LogP contribution in [0.2, 0.25) is 0 Å². The Balaban J connectivity index is 1.37. The second-order valence-corrected chi connectivity index (χ2v) is 7.47. The van der Waals surface area contributed by atoms with E-state index in [0.29, 0.717) is 43.9 Å². The minimum absolute atomic E-state index is 0.0287. The van der Waals surface area contributed by atoms with Crippen LogP contribution < -0.4 is 20.5 Å². The Morgan fingerprint density at radius 2 is 1.86 bits per heavy atom. The molecule has 2 atom stereocenters. The summed E-state index contributed by atoms with van der Waals surface area (Å²) in [6.45, 7) is 3.94. The molecule has 2 aromatic rings. The molecule has 2 aliphatic heterocycles. The lowest BCUT2D eigenvalue weighted by molar-refractivity contribution is -0.117. The molecular formula is C22H27N3O3. The van der Waals surface area contributed by atoms with Gasteiger partial charge in [-0.1, -0.05) is 30.3 Å². The molecule has 0 unspecified atom stereocenters. The zero-order valence-corrected chi connectivity index (χ0v) is 16.0. The Morgan fingerprint density at radius 1 is 1.07 bits per heavy atom. The van der Waals surface area contributed by atoms with Gasteiger partial charge in [0.15, 0.2) is 11.5 Å². The van der Waals surface area contributed by atoms with E-state index >= 15 is 0 Å². The number of hydrogen-bond acceptors (Lipinski definition) is 5. The first kappa shape index (κ1) is 18.8. The molecule has 28 heavy (non-hydrogen) atoms. The number of carbonyl (C=O) groups is 1. The predicted octanol–water partition coefficient (Wildman–Crippen LogP) is 2.46. The molecule has 1 fully saturated rings. The molecule has 2 heterocycles. The molecule has 2 aliphatic rings. The predicted molar refractivity (Wildman–Crippen MR) is 109 cm³/mol. The third-order valence-electron chi connectivity index (χ3n) is 5.45. The van der Waals surface area contributed by atoms with Crippen molar-refractivity contribution in [1.82, 2.24) is 4.90 Å². The lowest BCUT2D eigenvalue weighted by Crippen LogP contribution is -2.32. The van der Waals surface area contributed by atoms with E-state index in [4.69, 9.17) is 15.2 Å². The van der Waals surface area contributed by atoms with E-state index in [9.17, 15) is 4.79 Å². The fourth-order valence-electron chi connectivity index (χ4n) is 4.05. The first-order chi connectivity index (χ1) is 13.7. The number of nitrogens with zero attached hydrogens (tertiary/aromatic N) is 1. The van der Waals surface area contributed by atoms with Crippen molar-refractivity contribution in [2.45, 2.75) is 12.3 Å². The van der Waals surface area contributed by atoms with Crippen LogP contribution in [0.4, 0.5) is 5.69 Å². The Morgan fingerprint density at radius 3 is 2.64 bits per heavy atom. The van der Waals surface area contributed by atoms with Gasteiger partial charge in [-0.2, -0.15) is 0 Å². The van der Waals surface area contributed by atoms with Gasteiger partial charge in [0.25, 0.3) is 0 Å². The topological polar surface area (TPSA) is 76.8 Å². The number of benzene rings is 2. The molecule has 1 amide bonds. The summed E-state index contributed by atoms with van der Waals surface area (Å²) in [5.41, 5.74) is 8.02. The number of anilines is 1. The first-order valence-corrected chi connectivity index (χ1v) is 9.90. The molecule has 3 N–H and O–H groups in total. The average Bonchev–Trinajstić information content (AvgIpc) is 2.97. The minimum Gasteiger partial charge on any atom is -0.490 e. The Bertz CT molecular complexity index is 812. The van der Waals surface area contributed by atoms with Crippen molar-refractivity contribution in [3.63, 3.8) is 0 Å². The van der Waals surface area contributed by atoms with Gasteiger partial charge < -0.3 is 20.5 Å². The number of rotatable bonds is 5. The van der Waals surface area contributed by atoms with E-state index in [0.717, 1.165) is 30.9 Å². The number of hydrogen-bond donors (Lipinski definition) is 2. The van der Waals surface area contributed by atoms with Crippen molar-refractivity contribution in [3.05, 3.63) is 54.1 Å². The van der Waals surface area contributed by atoms with Crippen LogP contribution in [-0.2, 0) is 4.79 Å². The van der Waals surface area contributed by atoms with Crippen molar-refractivity contribution in [2.24, 2.45) is 11.7 Å². The number of fused-ring (bicyclic) bond motifs is 1. The SMILES string of the molecule is NC[C@@H]1CN(CC(=O)Nc2ccc3c(c2)OCCCO3)C[C@H]1c1ccccc1. The summed E-state index contributed by atoms with van der Waals surface area (Å²) >= 11 is 0. The zero-order chi connectivity index (χ0) is 19.3. The van der Waals surface area contributed by atoms with Crippen molar-refractivity contribution in [1.29, 1.82) is 0 Å². The van der Waals surface area contributed by atoms with Crippen LogP contribution in [-0.4, -0.2) is 50.2 Å². The van der Waals surface area contributed by atoms with E-state index in [2.05, 4.69) is 34.5 Å². The molecule has 0 aromatic heterocycles. The molecule has 6 nitrogen and oxygen atoms in total. The van der Waals surface area contributed by atoms with Crippen molar-refractivity contribution in [2.75, 3.05) is 44.7 Å². The summed E-state index contributed by atoms with van der Waals surface area (Å²) in [5, 5.41) is 2.98. The third-order valence-corrected chi connectivity index (χ3v) is 5.45. The van der Waals surface area contributed by atoms with E-state index in [1.807, 2.05) is 24.3 Å². The van der Waals surface area contributed by atoms with Gasteiger partial charge in [0.2, 0.25) is 5.91 Å². The Hall–Kier alpha value is -2.57. The fraction of sp³-hybridized carbons (Fsp3) is 0.409. The van der Waals surface area contributed by atoms with Crippen LogP contribution in [0.25, 0.3) is 0 Å². The van der Waals surface area contributed by atoms with Crippen molar-refractivity contribution >= 4 is 11.6 Å². The molecule has 0 spiro atoms. The molecule has 0 radical (unpaired) electrons. The largest absolute Gasteiger partial charge is 0.490 e. The lowest BCUT2D eigenvalue weighted by Gasteiger charge is -2.17. The summed E-state index contributed by atoms with van der Waals surface area (Å²) in [7, 11) is 0. The molecule has 148 valence electrons. The maximum absolute atomic E-state index is 12.6. The van der Waals surface area contributed by atoms with Crippen LogP contribution in [0.3, 0.4) is 0 Å². The summed E-state index contributed by atoms with van der Waals surface area (Å²) in [6, 6.07) is 16.0. The molecule has 0 aliphatic carbocycles. The van der Waals surface area contributed by atoms with Crippen LogP contribution in [0.1, 0.15) is 17.9 Å². The summed E-state index contributed by atoms with van der Waals surface area (Å²) in [5.74, 6) is 2.12. The van der Waals surface area contributed by atoms with Crippen LogP contribution >= 0.6 is 0 Å². The van der Waals surface area contributed by atoms with Gasteiger partial charge in [0, 0.05) is 37.2 Å².